The van der Waals surface area contributed by atoms with E-state index in [4.69, 9.17) is 0 Å². The fourth-order valence-corrected chi connectivity index (χ4v) is 14.2. The average Bonchev–Trinajstić information content (AvgIpc) is 3.72. The highest BCUT2D eigenvalue weighted by molar-refractivity contribution is 7.25. The number of benzene rings is 6. The molecule has 0 radical (unpaired) electrons. The van der Waals surface area contributed by atoms with Gasteiger partial charge in [-0.2, -0.15) is 0 Å². The molecule has 1 aromatic heterocycles. The molecule has 0 N–H and O–H groups in total. The van der Waals surface area contributed by atoms with Gasteiger partial charge in [-0.05, 0) is 179 Å². The molecule has 0 amide bonds. The Bertz CT molecular complexity index is 2700. The molecule has 13 rings (SSSR count). The van der Waals surface area contributed by atoms with Crippen LogP contribution in [-0.4, -0.2) is 0 Å². The quantitative estimate of drug-likeness (QED) is 0.173. The maximum absolute atomic E-state index is 2.56. The van der Waals surface area contributed by atoms with Gasteiger partial charge >= 0.3 is 0 Å². The van der Waals surface area contributed by atoms with E-state index < -0.39 is 0 Å². The number of nitrogens with zero attached hydrogens (tertiary/aromatic N) is 1. The van der Waals surface area contributed by atoms with Crippen molar-refractivity contribution < 1.29 is 0 Å². The van der Waals surface area contributed by atoms with Crippen LogP contribution >= 0.6 is 11.3 Å². The molecule has 7 aromatic rings. The fraction of sp³-hybridized carbons (Fsp3) is 0.333. The second kappa shape index (κ2) is 11.7. The van der Waals surface area contributed by atoms with Crippen LogP contribution in [0.25, 0.3) is 42.4 Å². The van der Waals surface area contributed by atoms with Crippen molar-refractivity contribution in [2.75, 3.05) is 4.90 Å². The lowest BCUT2D eigenvalue weighted by Crippen LogP contribution is -2.55. The monoisotopic (exact) mass is 745 g/mol. The molecule has 4 bridgehead atoms. The lowest BCUT2D eigenvalue weighted by atomic mass is 9.43. The van der Waals surface area contributed by atoms with Crippen LogP contribution < -0.4 is 4.90 Å². The first kappa shape index (κ1) is 33.5. The molecule has 56 heavy (non-hydrogen) atoms. The van der Waals surface area contributed by atoms with Gasteiger partial charge in [-0.15, -0.1) is 11.3 Å². The van der Waals surface area contributed by atoms with E-state index in [-0.39, 0.29) is 16.2 Å². The van der Waals surface area contributed by atoms with Crippen LogP contribution in [0.3, 0.4) is 0 Å². The topological polar surface area (TPSA) is 3.24 Å². The smallest absolute Gasteiger partial charge is 0.0468 e. The Labute approximate surface area is 336 Å². The van der Waals surface area contributed by atoms with Crippen LogP contribution in [0.5, 0.6) is 0 Å². The van der Waals surface area contributed by atoms with Gasteiger partial charge in [-0.3, -0.25) is 0 Å². The van der Waals surface area contributed by atoms with Crippen molar-refractivity contribution >= 4 is 48.6 Å². The standard InChI is InChI=1S/C54H51NS/c1-52(2)23-24-53(3,4)49-32-41(18-21-48(49)52)55(40-19-22-51-45(31-40)43-10-6-8-12-50(43)56-51)39-16-13-35(14-17-39)36-15-20-47-44(30-36)42-9-5-7-11-46(42)54(47)37-26-33-25-34(28-37)29-38(54)27-33/h5-22,30-34,37-38H,23-29H2,1-4H3. The summed E-state index contributed by atoms with van der Waals surface area (Å²) in [6.07, 6.45) is 9.62. The SMILES string of the molecule is CC1(C)CCC(C)(C)c2cc(N(c3ccc(-c4ccc5c(c4)-c4ccccc4C54C5CC6CC(C5)CC4C6)cc3)c3ccc4sc5ccccc5c4c3)ccc21. The van der Waals surface area contributed by atoms with Gasteiger partial charge in [0.05, 0.1) is 0 Å². The minimum Gasteiger partial charge on any atom is -0.310 e. The molecule has 6 aromatic carbocycles. The normalized spacial score (nSPS) is 26.1. The highest BCUT2D eigenvalue weighted by Gasteiger charge is 2.61. The molecule has 0 aliphatic heterocycles. The zero-order valence-corrected chi connectivity index (χ0v) is 34.1. The third-order valence-electron chi connectivity index (χ3n) is 15.7. The van der Waals surface area contributed by atoms with E-state index in [9.17, 15) is 0 Å². The summed E-state index contributed by atoms with van der Waals surface area (Å²) in [5, 5.41) is 2.67. The summed E-state index contributed by atoms with van der Waals surface area (Å²) in [6.45, 7) is 9.72. The Kier molecular flexibility index (Phi) is 6.99. The Morgan fingerprint density at radius 3 is 1.84 bits per heavy atom. The molecule has 278 valence electrons. The van der Waals surface area contributed by atoms with Crippen LogP contribution in [0.15, 0.2) is 127 Å². The van der Waals surface area contributed by atoms with Gasteiger partial charge in [0.25, 0.3) is 0 Å². The molecule has 0 unspecified atom stereocenters. The molecule has 2 heteroatoms. The van der Waals surface area contributed by atoms with Gasteiger partial charge in [0.15, 0.2) is 0 Å². The third kappa shape index (κ3) is 4.66. The second-order valence-electron chi connectivity index (χ2n) is 19.6. The van der Waals surface area contributed by atoms with Crippen molar-refractivity contribution in [3.63, 3.8) is 0 Å². The lowest BCUT2D eigenvalue weighted by Gasteiger charge is -2.61. The van der Waals surface area contributed by atoms with Gasteiger partial charge in [0.1, 0.15) is 0 Å². The predicted molar refractivity (Wildman–Crippen MR) is 238 cm³/mol. The number of rotatable bonds is 4. The first-order valence-corrected chi connectivity index (χ1v) is 22.2. The lowest BCUT2D eigenvalue weighted by molar-refractivity contribution is -0.0399. The first-order valence-electron chi connectivity index (χ1n) is 21.4. The molecule has 0 atom stereocenters. The fourth-order valence-electron chi connectivity index (χ4n) is 13.2. The molecule has 4 fully saturated rings. The second-order valence-corrected chi connectivity index (χ2v) is 20.7. The average molecular weight is 746 g/mol. The summed E-state index contributed by atoms with van der Waals surface area (Å²) in [7, 11) is 0. The van der Waals surface area contributed by atoms with Crippen molar-refractivity contribution in [2.24, 2.45) is 23.7 Å². The molecule has 4 saturated carbocycles. The predicted octanol–water partition coefficient (Wildman–Crippen LogP) is 15.3. The Hall–Kier alpha value is -4.66. The number of anilines is 3. The Morgan fingerprint density at radius 1 is 0.464 bits per heavy atom. The minimum atomic E-state index is 0.130. The highest BCUT2D eigenvalue weighted by Crippen LogP contribution is 2.69. The molecular weight excluding hydrogens is 695 g/mol. The molecule has 1 heterocycles. The van der Waals surface area contributed by atoms with Crippen LogP contribution in [0.1, 0.15) is 94.9 Å². The van der Waals surface area contributed by atoms with Crippen LogP contribution in [0.2, 0.25) is 0 Å². The molecule has 6 aliphatic rings. The van der Waals surface area contributed by atoms with Crippen molar-refractivity contribution in [1.29, 1.82) is 0 Å². The van der Waals surface area contributed by atoms with Crippen molar-refractivity contribution in [3.05, 3.63) is 150 Å². The molecule has 1 nitrogen and oxygen atoms in total. The molecule has 6 aliphatic carbocycles. The number of thiophene rings is 1. The molecular formula is C54H51NS. The summed E-state index contributed by atoms with van der Waals surface area (Å²) in [6, 6.07) is 49.8. The van der Waals surface area contributed by atoms with Crippen LogP contribution in [0, 0.1) is 23.7 Å². The first-order chi connectivity index (χ1) is 27.2. The van der Waals surface area contributed by atoms with Crippen molar-refractivity contribution in [1.82, 2.24) is 0 Å². The van der Waals surface area contributed by atoms with E-state index in [2.05, 4.69) is 160 Å². The van der Waals surface area contributed by atoms with Gasteiger partial charge in [0, 0.05) is 42.6 Å². The van der Waals surface area contributed by atoms with Crippen LogP contribution in [0.4, 0.5) is 17.1 Å². The zero-order valence-electron chi connectivity index (χ0n) is 33.2. The summed E-state index contributed by atoms with van der Waals surface area (Å²) in [4.78, 5) is 2.50. The summed E-state index contributed by atoms with van der Waals surface area (Å²) >= 11 is 1.89. The van der Waals surface area contributed by atoms with Gasteiger partial charge in [-0.25, -0.2) is 0 Å². The van der Waals surface area contributed by atoms with Gasteiger partial charge in [-0.1, -0.05) is 100 Å². The molecule has 1 spiro atoms. The van der Waals surface area contributed by atoms with E-state index in [1.165, 1.54) is 116 Å². The maximum Gasteiger partial charge on any atom is 0.0468 e. The van der Waals surface area contributed by atoms with E-state index in [1.807, 2.05) is 11.3 Å². The number of hydrogen-bond acceptors (Lipinski definition) is 2. The van der Waals surface area contributed by atoms with Crippen LogP contribution in [-0.2, 0) is 16.2 Å². The van der Waals surface area contributed by atoms with Crippen molar-refractivity contribution in [3.8, 4) is 22.3 Å². The third-order valence-corrected chi connectivity index (χ3v) is 16.9. The zero-order chi connectivity index (χ0) is 37.6. The van der Waals surface area contributed by atoms with E-state index in [0.717, 1.165) is 23.7 Å². The number of hydrogen-bond donors (Lipinski definition) is 0. The van der Waals surface area contributed by atoms with E-state index in [0.29, 0.717) is 0 Å². The maximum atomic E-state index is 2.56. The highest BCUT2D eigenvalue weighted by atomic mass is 32.1. The van der Waals surface area contributed by atoms with Gasteiger partial charge in [0.2, 0.25) is 0 Å². The van der Waals surface area contributed by atoms with Gasteiger partial charge < -0.3 is 4.90 Å². The summed E-state index contributed by atoms with van der Waals surface area (Å²) < 4.78 is 2.69. The largest absolute Gasteiger partial charge is 0.310 e. The minimum absolute atomic E-state index is 0.130. The van der Waals surface area contributed by atoms with E-state index >= 15 is 0 Å². The summed E-state index contributed by atoms with van der Waals surface area (Å²) in [5.41, 5.74) is 16.0. The molecule has 0 saturated heterocycles. The Balaban J connectivity index is 0.971. The number of fused-ring (bicyclic) bond motifs is 7. The van der Waals surface area contributed by atoms with Crippen molar-refractivity contribution in [2.45, 2.75) is 88.9 Å². The van der Waals surface area contributed by atoms with E-state index in [1.54, 1.807) is 11.1 Å². The summed E-state index contributed by atoms with van der Waals surface area (Å²) in [5.74, 6) is 3.51. The Morgan fingerprint density at radius 2 is 1.05 bits per heavy atom.